The van der Waals surface area contributed by atoms with Gasteiger partial charge in [0.15, 0.2) is 46.0 Å². The lowest BCUT2D eigenvalue weighted by atomic mass is 9.90. The van der Waals surface area contributed by atoms with Crippen molar-refractivity contribution in [2.75, 3.05) is 82.1 Å². The number of aryl methyl sites for hydroxylation is 4. The number of hydrogen-bond donors (Lipinski definition) is 6. The quantitative estimate of drug-likeness (QED) is 0.0287. The lowest BCUT2D eigenvalue weighted by Gasteiger charge is -2.35. The molecular weight excluding hydrogens is 1790 g/mol. The summed E-state index contributed by atoms with van der Waals surface area (Å²) in [5, 5.41) is 35.6. The molecule has 4 aromatic carbocycles. The molecule has 39 heteroatoms. The van der Waals surface area contributed by atoms with Crippen molar-refractivity contribution in [2.24, 2.45) is 45.9 Å². The molecule has 16 aromatic rings. The molecule has 4 fully saturated rings. The van der Waals surface area contributed by atoms with E-state index in [1.54, 1.807) is 106 Å². The number of benzene rings is 4. The van der Waals surface area contributed by atoms with E-state index in [2.05, 4.69) is 85.5 Å². The monoisotopic (exact) mass is 1880 g/mol. The Hall–Kier alpha value is -14.2. The predicted molar refractivity (Wildman–Crippen MR) is 511 cm³/mol. The van der Waals surface area contributed by atoms with Crippen LogP contribution in [0.4, 0.5) is 23.3 Å². The number of nitrogens with zero attached hydrogens (tertiary/aromatic N) is 21. The first-order valence-corrected chi connectivity index (χ1v) is 45.1. The van der Waals surface area contributed by atoms with Gasteiger partial charge >= 0.3 is 23.9 Å². The van der Waals surface area contributed by atoms with Crippen LogP contribution < -0.4 is 28.3 Å². The number of ether oxygens (including phenoxy) is 4. The average molecular weight is 1880 g/mol. The van der Waals surface area contributed by atoms with E-state index in [9.17, 15) is 24.3 Å². The molecule has 2 saturated heterocycles. The maximum Gasteiger partial charge on any atom is 0.360 e. The number of carbonyl (C=O) groups is 4. The van der Waals surface area contributed by atoms with Crippen LogP contribution in [-0.2, 0) is 47.1 Å². The van der Waals surface area contributed by atoms with E-state index in [4.69, 9.17) is 88.3 Å². The Kier molecular flexibility index (Phi) is 28.0. The Balaban J connectivity index is 0.000000124. The number of hydrogen-bond acceptors (Lipinski definition) is 31. The third kappa shape index (κ3) is 21.0. The molecule has 1 atom stereocenters. The molecule has 0 bridgehead atoms. The molecule has 2 aliphatic heterocycles. The highest BCUT2D eigenvalue weighted by molar-refractivity contribution is 6.37. The lowest BCUT2D eigenvalue weighted by molar-refractivity contribution is -0.0112. The van der Waals surface area contributed by atoms with Crippen molar-refractivity contribution in [3.8, 4) is 90.6 Å². The lowest BCUT2D eigenvalue weighted by Crippen LogP contribution is -2.51. The normalized spacial score (nSPS) is 14.6. The van der Waals surface area contributed by atoms with E-state index in [1.165, 1.54) is 32.1 Å². The van der Waals surface area contributed by atoms with E-state index in [-0.39, 0.29) is 64.7 Å². The van der Waals surface area contributed by atoms with Gasteiger partial charge in [-0.2, -0.15) is 20.4 Å². The number of esters is 4. The van der Waals surface area contributed by atoms with Crippen LogP contribution >= 0.6 is 46.4 Å². The number of halogens is 4. The van der Waals surface area contributed by atoms with Crippen molar-refractivity contribution in [1.29, 1.82) is 0 Å². The summed E-state index contributed by atoms with van der Waals surface area (Å²) >= 11 is 26.1. The third-order valence-corrected chi connectivity index (χ3v) is 24.5. The number of carbonyl (C=O) groups excluding carboxylic acids is 4. The molecule has 20 rings (SSSR count). The van der Waals surface area contributed by atoms with Crippen LogP contribution in [0, 0.1) is 17.8 Å². The first-order valence-electron chi connectivity index (χ1n) is 43.6. The van der Waals surface area contributed by atoms with Gasteiger partial charge in [0.05, 0.1) is 90.9 Å². The van der Waals surface area contributed by atoms with Gasteiger partial charge < -0.3 is 52.3 Å². The molecule has 2 saturated carbocycles. The first-order chi connectivity index (χ1) is 64.9. The summed E-state index contributed by atoms with van der Waals surface area (Å²) in [5.74, 6) is -1.42. The van der Waals surface area contributed by atoms with Crippen molar-refractivity contribution in [3.63, 3.8) is 0 Å². The van der Waals surface area contributed by atoms with Crippen molar-refractivity contribution in [3.05, 3.63) is 214 Å². The molecule has 14 heterocycles. The number of aliphatic hydroxyl groups is 1. The highest BCUT2D eigenvalue weighted by atomic mass is 35.5. The number of anilines is 4. The zero-order valence-corrected chi connectivity index (χ0v) is 76.4. The summed E-state index contributed by atoms with van der Waals surface area (Å²) < 4.78 is 28.7. The Bertz CT molecular complexity index is 6900. The Morgan fingerprint density at radius 2 is 0.672 bits per heavy atom. The summed E-state index contributed by atoms with van der Waals surface area (Å²) in [6.07, 6.45) is 24.8. The minimum Gasteiger partial charge on any atom is -0.461 e. The topological polar surface area (TPSA) is 471 Å². The van der Waals surface area contributed by atoms with Gasteiger partial charge in [-0.3, -0.25) is 43.6 Å². The summed E-state index contributed by atoms with van der Waals surface area (Å²) in [6, 6.07) is 36.8. The maximum atomic E-state index is 13.0. The van der Waals surface area contributed by atoms with Crippen LogP contribution in [0.3, 0.4) is 0 Å². The van der Waals surface area contributed by atoms with Gasteiger partial charge in [-0.05, 0) is 148 Å². The van der Waals surface area contributed by atoms with Gasteiger partial charge in [0.25, 0.3) is 0 Å². The molecule has 0 radical (unpaired) electrons. The fourth-order valence-electron chi connectivity index (χ4n) is 16.5. The van der Waals surface area contributed by atoms with Gasteiger partial charge in [-0.15, -0.1) is 0 Å². The van der Waals surface area contributed by atoms with Crippen LogP contribution in [0.15, 0.2) is 171 Å². The van der Waals surface area contributed by atoms with Crippen molar-refractivity contribution in [2.45, 2.75) is 70.3 Å². The molecule has 35 nitrogen and oxygen atoms in total. The molecule has 134 heavy (non-hydrogen) atoms. The number of rotatable bonds is 21. The van der Waals surface area contributed by atoms with E-state index < -0.39 is 23.9 Å². The minimum atomic E-state index is -0.673. The first kappa shape index (κ1) is 91.7. The summed E-state index contributed by atoms with van der Waals surface area (Å²) in [4.78, 5) is 107. The molecular formula is C95H92Cl4N26O9. The molecule has 1 unspecified atom stereocenters. The largest absolute Gasteiger partial charge is 0.461 e. The Morgan fingerprint density at radius 1 is 0.381 bits per heavy atom. The number of aromatic nitrogens is 20. The number of nitrogens with one attached hydrogen (secondary N) is 1. The van der Waals surface area contributed by atoms with E-state index in [0.29, 0.717) is 184 Å². The van der Waals surface area contributed by atoms with E-state index >= 15 is 0 Å². The highest BCUT2D eigenvalue weighted by Crippen LogP contribution is 2.41. The Labute approximate surface area is 787 Å². The SMILES string of the molecule is Cn1ccc(-c2nc(N)c(C(=O)OCC3CCCC3)nc2-c2cc(Cl)c3ncccc3c2)n1.Cn1ccc(-c2nc(N)c(C(=O)OCC3CCCCC3)nc2-c2cc(Cl)c3ncccc3c2)n1.Cn1ccc(-c2nc(N)c(C(=O)OCC3CCNC3)nc2-c2cc(Cl)c3ncccc3c2)n1.Cn1ccc(-c2nc(N)c(C(=O)OCCN3CC(O)C3)nc2-c2cc(Cl)c3ncccc3c2)n1. The number of nitrogens with two attached hydrogens (primary N) is 4. The Morgan fingerprint density at radius 3 is 0.948 bits per heavy atom. The van der Waals surface area contributed by atoms with Gasteiger partial charge in [-0.25, -0.2) is 59.0 Å². The molecule has 10 N–H and O–H groups in total. The highest BCUT2D eigenvalue weighted by Gasteiger charge is 2.32. The molecule has 0 spiro atoms. The number of fused-ring (bicyclic) bond motifs is 4. The van der Waals surface area contributed by atoms with Gasteiger partial charge in [0, 0.05) is 154 Å². The van der Waals surface area contributed by atoms with Gasteiger partial charge in [0.1, 0.15) is 52.2 Å². The zero-order chi connectivity index (χ0) is 93.4. The van der Waals surface area contributed by atoms with Gasteiger partial charge in [0.2, 0.25) is 0 Å². The molecule has 684 valence electrons. The standard InChI is InChI=1S/C25H25ClN6O2.C24H23ClN6O2.C23H22ClN7O3.C23H22ClN7O2/c1-32-11-9-19(31-32)22-21(17-12-16-8-5-10-28-20(16)18(26)13-17)29-23(24(27)30-22)25(33)34-14-15-6-3-2-4-7-15;1-31-10-8-18(30-31)21-20(16-11-15-7-4-9-27-19(15)17(25)12-16)28-22(23(26)29-21)24(32)33-13-14-5-2-3-6-14;1-30-6-4-17(29-30)20-19(14-9-13-3-2-5-26-18(13)16(24)10-14)27-21(22(25)28-20)23(33)34-8-7-31-11-15(32)12-31;1-31-8-5-17(30-31)20-19(15-9-14-3-2-6-27-18(14)16(24)10-15)28-21(22(25)29-20)23(32)33-12-13-4-7-26-11-13/h5,8-13,15H,2-4,6-7,14H2,1H3,(H2,27,30);4,7-12,14H,2-3,5-6,13H2,1H3,(H2,26,29);2-6,9-10,15,32H,7-8,11-12H2,1H3,(H2,25,28);2-3,5-6,8-10,13,26H,4,7,11-12H2,1H3,(H2,25,29). The predicted octanol–water partition coefficient (Wildman–Crippen LogP) is 15.0. The summed E-state index contributed by atoms with van der Waals surface area (Å²) in [6.45, 7) is 4.58. The number of aliphatic hydroxyl groups excluding tert-OH is 1. The number of pyridine rings is 4. The van der Waals surface area contributed by atoms with E-state index in [0.717, 1.165) is 66.7 Å². The average Bonchev–Trinajstić information content (AvgIpc) is 1.19. The van der Waals surface area contributed by atoms with Crippen LogP contribution in [0.1, 0.15) is 106 Å². The molecule has 0 amide bonds. The fraction of sp³-hybridized carbons (Fsp3) is 0.284. The van der Waals surface area contributed by atoms with Crippen molar-refractivity contribution in [1.82, 2.24) is 109 Å². The van der Waals surface area contributed by atoms with Gasteiger partial charge in [-0.1, -0.05) is 103 Å². The van der Waals surface area contributed by atoms with Crippen LogP contribution in [0.2, 0.25) is 20.1 Å². The van der Waals surface area contributed by atoms with Crippen LogP contribution in [0.25, 0.3) is 134 Å². The molecule has 12 aromatic heterocycles. The van der Waals surface area contributed by atoms with Crippen LogP contribution in [-0.4, -0.2) is 198 Å². The zero-order valence-electron chi connectivity index (χ0n) is 73.3. The second kappa shape index (κ2) is 40.9. The minimum absolute atomic E-state index is 0.00405. The second-order valence-electron chi connectivity index (χ2n) is 33.1. The second-order valence-corrected chi connectivity index (χ2v) is 34.7. The summed E-state index contributed by atoms with van der Waals surface area (Å²) in [5.41, 5.74) is 35.7. The number of β-amino-alcohol motifs (C(OH)–C–C–N with tert-alkyl or cyclic N) is 1. The smallest absolute Gasteiger partial charge is 0.360 e. The molecule has 2 aliphatic carbocycles. The summed E-state index contributed by atoms with van der Waals surface area (Å²) in [7, 11) is 7.23. The van der Waals surface area contributed by atoms with Crippen LogP contribution in [0.5, 0.6) is 0 Å². The van der Waals surface area contributed by atoms with Crippen molar-refractivity contribution >= 4 is 137 Å². The number of nitrogen functional groups attached to an aromatic ring is 4. The fourth-order valence-corrected chi connectivity index (χ4v) is 17.6. The third-order valence-electron chi connectivity index (χ3n) is 23.3. The van der Waals surface area contributed by atoms with Crippen molar-refractivity contribution < 1.29 is 43.2 Å². The maximum absolute atomic E-state index is 13.0. The number of likely N-dealkylation sites (tertiary alicyclic amines) is 1. The van der Waals surface area contributed by atoms with E-state index in [1.807, 2.05) is 117 Å². The molecule has 4 aliphatic rings.